The van der Waals surface area contributed by atoms with Gasteiger partial charge in [-0.15, -0.1) is 6.58 Å². The minimum atomic E-state index is -2.15. The van der Waals surface area contributed by atoms with Gasteiger partial charge >= 0.3 is 5.97 Å². The molecule has 1 heterocycles. The number of esters is 1. The van der Waals surface area contributed by atoms with Crippen molar-refractivity contribution in [1.82, 2.24) is 0 Å². The molecule has 6 heteroatoms. The van der Waals surface area contributed by atoms with E-state index in [4.69, 9.17) is 13.9 Å². The summed E-state index contributed by atoms with van der Waals surface area (Å²) in [6.07, 6.45) is 11.1. The standard InChI is InChI=1S/C32H56O5Si/c1-13-32(11)29(37-32)18-17-26(8)15-14-16-27(9)19-20-31(10,30(34)35-12)21-28(33)22-36-38(23(2)3,24(4)5)25(6)7/h13,15,19,23-25,29H,1,14,16-18,20-22H2,2-12H3/b26-15+,27-19+/t29-,31-,32-/m0/s1. The number of epoxide rings is 1. The number of ether oxygens (including phenoxy) is 2. The highest BCUT2D eigenvalue weighted by atomic mass is 28.4. The number of rotatable bonds is 18. The summed E-state index contributed by atoms with van der Waals surface area (Å²) in [4.78, 5) is 25.9. The minimum Gasteiger partial charge on any atom is -0.469 e. The quantitative estimate of drug-likeness (QED) is 0.0743. The molecule has 1 aliphatic heterocycles. The van der Waals surface area contributed by atoms with Crippen LogP contribution in [0.5, 0.6) is 0 Å². The zero-order valence-corrected chi connectivity index (χ0v) is 27.2. The van der Waals surface area contributed by atoms with Crippen molar-refractivity contribution in [3.63, 3.8) is 0 Å². The molecule has 3 atom stereocenters. The first-order chi connectivity index (χ1) is 17.6. The van der Waals surface area contributed by atoms with E-state index in [1.54, 1.807) is 0 Å². The molecule has 0 aromatic heterocycles. The molecular formula is C32H56O5Si. The zero-order valence-electron chi connectivity index (χ0n) is 26.2. The number of allylic oxidation sites excluding steroid dienone is 4. The number of carbonyl (C=O) groups is 2. The van der Waals surface area contributed by atoms with Gasteiger partial charge in [0.2, 0.25) is 8.32 Å². The van der Waals surface area contributed by atoms with E-state index in [9.17, 15) is 9.59 Å². The van der Waals surface area contributed by atoms with Gasteiger partial charge in [-0.2, -0.15) is 0 Å². The first-order valence-corrected chi connectivity index (χ1v) is 16.6. The number of ketones is 1. The van der Waals surface area contributed by atoms with E-state index < -0.39 is 13.7 Å². The average Bonchev–Trinajstić information content (AvgIpc) is 3.50. The van der Waals surface area contributed by atoms with E-state index in [0.717, 1.165) is 25.7 Å². The molecule has 0 unspecified atom stereocenters. The third kappa shape index (κ3) is 9.30. The van der Waals surface area contributed by atoms with E-state index >= 15 is 0 Å². The largest absolute Gasteiger partial charge is 0.469 e. The molecule has 0 aliphatic carbocycles. The molecule has 1 saturated heterocycles. The Morgan fingerprint density at radius 2 is 1.58 bits per heavy atom. The summed E-state index contributed by atoms with van der Waals surface area (Å²) >= 11 is 0. The van der Waals surface area contributed by atoms with Gasteiger partial charge in [0.25, 0.3) is 0 Å². The lowest BCUT2D eigenvalue weighted by molar-refractivity contribution is -0.154. The number of hydrogen-bond donors (Lipinski definition) is 0. The molecule has 5 nitrogen and oxygen atoms in total. The second kappa shape index (κ2) is 14.8. The molecule has 0 spiro atoms. The Kier molecular flexibility index (Phi) is 13.4. The van der Waals surface area contributed by atoms with E-state index in [1.807, 2.05) is 13.0 Å². The Bertz CT molecular complexity index is 849. The number of carbonyl (C=O) groups excluding carboxylic acids is 2. The minimum absolute atomic E-state index is 0.0338. The maximum atomic E-state index is 13.1. The number of methoxy groups -OCH3 is 1. The summed E-state index contributed by atoms with van der Waals surface area (Å²) in [7, 11) is -0.753. The van der Waals surface area contributed by atoms with Gasteiger partial charge in [0.05, 0.1) is 25.2 Å². The highest BCUT2D eigenvalue weighted by Gasteiger charge is 2.49. The van der Waals surface area contributed by atoms with Gasteiger partial charge < -0.3 is 13.9 Å². The van der Waals surface area contributed by atoms with Gasteiger partial charge in [0.15, 0.2) is 5.78 Å². The molecule has 0 amide bonds. The molecule has 38 heavy (non-hydrogen) atoms. The monoisotopic (exact) mass is 548 g/mol. The molecule has 1 fully saturated rings. The van der Waals surface area contributed by atoms with Gasteiger partial charge in [-0.3, -0.25) is 9.59 Å². The van der Waals surface area contributed by atoms with Crippen molar-refractivity contribution >= 4 is 20.1 Å². The molecular weight excluding hydrogens is 492 g/mol. The second-order valence-electron chi connectivity index (χ2n) is 12.8. The Morgan fingerprint density at radius 3 is 2.05 bits per heavy atom. The average molecular weight is 549 g/mol. The first-order valence-electron chi connectivity index (χ1n) is 14.4. The highest BCUT2D eigenvalue weighted by molar-refractivity contribution is 6.77. The van der Waals surface area contributed by atoms with Crippen molar-refractivity contribution in [3.8, 4) is 0 Å². The topological polar surface area (TPSA) is 65.1 Å². The first kappa shape index (κ1) is 34.5. The van der Waals surface area contributed by atoms with E-state index in [2.05, 4.69) is 81.0 Å². The van der Waals surface area contributed by atoms with Crippen molar-refractivity contribution in [3.05, 3.63) is 36.0 Å². The van der Waals surface area contributed by atoms with Crippen LogP contribution in [0.15, 0.2) is 36.0 Å². The van der Waals surface area contributed by atoms with Gasteiger partial charge in [0, 0.05) is 6.42 Å². The molecule has 0 saturated carbocycles. The Labute approximate surface area is 234 Å². The summed E-state index contributed by atoms with van der Waals surface area (Å²) in [6.45, 7) is 25.3. The van der Waals surface area contributed by atoms with E-state index in [0.29, 0.717) is 23.0 Å². The lowest BCUT2D eigenvalue weighted by Crippen LogP contribution is -2.49. The van der Waals surface area contributed by atoms with Crippen LogP contribution in [0.25, 0.3) is 0 Å². The van der Waals surface area contributed by atoms with Crippen LogP contribution in [-0.4, -0.2) is 45.5 Å². The number of hydrogen-bond acceptors (Lipinski definition) is 5. The van der Waals surface area contributed by atoms with Gasteiger partial charge in [-0.1, -0.05) is 70.9 Å². The van der Waals surface area contributed by atoms with Gasteiger partial charge in [-0.25, -0.2) is 0 Å². The van der Waals surface area contributed by atoms with Crippen molar-refractivity contribution < 1.29 is 23.5 Å². The molecule has 1 rings (SSSR count). The predicted octanol–water partition coefficient (Wildman–Crippen LogP) is 8.50. The van der Waals surface area contributed by atoms with Crippen LogP contribution in [0.2, 0.25) is 16.6 Å². The lowest BCUT2D eigenvalue weighted by atomic mass is 9.81. The maximum Gasteiger partial charge on any atom is 0.312 e. The maximum absolute atomic E-state index is 13.1. The van der Waals surface area contributed by atoms with Crippen LogP contribution in [0.4, 0.5) is 0 Å². The number of Topliss-reactive ketones (excluding diaryl/α,β-unsaturated/α-hetero) is 1. The SMILES string of the molecule is C=C[C@]1(C)O[C@H]1CC/C(C)=C/CC/C(C)=C/C[C@@](C)(CC(=O)CO[Si](C(C)C)(C(C)C)C(C)C)C(=O)OC. The fourth-order valence-electron chi connectivity index (χ4n) is 5.97. The van der Waals surface area contributed by atoms with Gasteiger partial charge in [0.1, 0.15) is 5.60 Å². The summed E-state index contributed by atoms with van der Waals surface area (Å²) in [5, 5.41) is 0. The molecule has 0 radical (unpaired) electrons. The lowest BCUT2D eigenvalue weighted by Gasteiger charge is -2.42. The summed E-state index contributed by atoms with van der Waals surface area (Å²) in [6, 6.07) is 0. The van der Waals surface area contributed by atoms with Crippen LogP contribution in [0, 0.1) is 5.41 Å². The smallest absolute Gasteiger partial charge is 0.312 e. The molecule has 0 bridgehead atoms. The molecule has 0 aromatic rings. The highest BCUT2D eigenvalue weighted by Crippen LogP contribution is 2.43. The van der Waals surface area contributed by atoms with Crippen molar-refractivity contribution in [1.29, 1.82) is 0 Å². The van der Waals surface area contributed by atoms with Crippen LogP contribution in [0.1, 0.15) is 108 Å². The van der Waals surface area contributed by atoms with Gasteiger partial charge in [-0.05, 0) is 76.4 Å². The van der Waals surface area contributed by atoms with E-state index in [1.165, 1.54) is 18.3 Å². The molecule has 0 aromatic carbocycles. The zero-order chi connectivity index (χ0) is 29.3. The summed E-state index contributed by atoms with van der Waals surface area (Å²) in [5.41, 5.74) is 2.75. The fraction of sp³-hybridized carbons (Fsp3) is 0.750. The second-order valence-corrected chi connectivity index (χ2v) is 18.2. The Hall–Kier alpha value is -1.50. The fourth-order valence-corrected chi connectivity index (χ4v) is 11.4. The normalized spacial score (nSPS) is 22.1. The Balaban J connectivity index is 2.72. The third-order valence-electron chi connectivity index (χ3n) is 8.57. The summed E-state index contributed by atoms with van der Waals surface area (Å²) in [5.74, 6) is -0.381. The molecule has 1 aliphatic rings. The van der Waals surface area contributed by atoms with E-state index in [-0.39, 0.29) is 36.5 Å². The van der Waals surface area contributed by atoms with Crippen molar-refractivity contribution in [2.45, 2.75) is 136 Å². The van der Waals surface area contributed by atoms with Crippen LogP contribution < -0.4 is 0 Å². The molecule has 0 N–H and O–H groups in total. The third-order valence-corrected chi connectivity index (χ3v) is 14.6. The summed E-state index contributed by atoms with van der Waals surface area (Å²) < 4.78 is 17.3. The van der Waals surface area contributed by atoms with Crippen LogP contribution in [-0.2, 0) is 23.5 Å². The van der Waals surface area contributed by atoms with Crippen molar-refractivity contribution in [2.75, 3.05) is 13.7 Å². The molecule has 218 valence electrons. The predicted molar refractivity (Wildman–Crippen MR) is 161 cm³/mol. The van der Waals surface area contributed by atoms with Crippen molar-refractivity contribution in [2.24, 2.45) is 5.41 Å². The van der Waals surface area contributed by atoms with Crippen LogP contribution in [0.3, 0.4) is 0 Å². The van der Waals surface area contributed by atoms with Crippen LogP contribution >= 0.6 is 0 Å². The Morgan fingerprint density at radius 1 is 1.03 bits per heavy atom.